The Morgan fingerprint density at radius 1 is 0.327 bits per heavy atom. The fourth-order valence-corrected chi connectivity index (χ4v) is 9.03. The molecule has 0 aromatic heterocycles. The Balaban J connectivity index is 1.37. The monoisotopic (exact) mass is 724 g/mol. The van der Waals surface area contributed by atoms with Gasteiger partial charge in [0.1, 0.15) is 0 Å². The third kappa shape index (κ3) is 8.75. The van der Waals surface area contributed by atoms with Crippen molar-refractivity contribution >= 4 is 34.1 Å². The van der Waals surface area contributed by atoms with Crippen molar-refractivity contribution in [3.63, 3.8) is 0 Å². The molecule has 282 valence electrons. The molecule has 1 aliphatic rings. The number of para-hydroxylation sites is 4. The molecule has 0 fully saturated rings. The predicted octanol–water partition coefficient (Wildman–Crippen LogP) is 16.4. The van der Waals surface area contributed by atoms with Crippen LogP contribution < -0.4 is 9.80 Å². The van der Waals surface area contributed by atoms with Gasteiger partial charge in [-0.2, -0.15) is 0 Å². The van der Waals surface area contributed by atoms with Crippen molar-refractivity contribution in [2.45, 2.75) is 109 Å². The van der Waals surface area contributed by atoms with Gasteiger partial charge in [0, 0.05) is 39.5 Å². The van der Waals surface area contributed by atoms with E-state index in [-0.39, 0.29) is 5.41 Å². The lowest BCUT2D eigenvalue weighted by molar-refractivity contribution is 0.398. The van der Waals surface area contributed by atoms with Gasteiger partial charge < -0.3 is 9.80 Å². The Bertz CT molecular complexity index is 1810. The van der Waals surface area contributed by atoms with Crippen LogP contribution in [0.3, 0.4) is 0 Å². The molecule has 55 heavy (non-hydrogen) atoms. The van der Waals surface area contributed by atoms with Gasteiger partial charge in [0.15, 0.2) is 0 Å². The van der Waals surface area contributed by atoms with Crippen LogP contribution in [0.2, 0.25) is 0 Å². The zero-order valence-electron chi connectivity index (χ0n) is 33.3. The van der Waals surface area contributed by atoms with E-state index in [1.54, 1.807) is 0 Å². The molecule has 0 atom stereocenters. The number of benzene rings is 6. The molecule has 0 spiro atoms. The van der Waals surface area contributed by atoms with Crippen LogP contribution >= 0.6 is 0 Å². The molecule has 0 bridgehead atoms. The third-order valence-electron chi connectivity index (χ3n) is 11.8. The second-order valence-corrected chi connectivity index (χ2v) is 15.6. The molecule has 2 nitrogen and oxygen atoms in total. The zero-order valence-corrected chi connectivity index (χ0v) is 33.3. The maximum atomic E-state index is 2.58. The topological polar surface area (TPSA) is 6.48 Å². The molecular formula is C53H60N2. The molecule has 1 aliphatic carbocycles. The van der Waals surface area contributed by atoms with Crippen molar-refractivity contribution in [2.24, 2.45) is 0 Å². The standard InChI is InChI=1S/C53H60N2/c1-3-5-7-9-11-25-39-53(40-26-12-10-8-6-4-2)51-41-47(54(43-27-17-13-18-28-43)44-29-19-14-20-30-44)35-37-49(51)50-38-36-48(42-52(50)53)55(45-31-21-15-22-32-45)46-33-23-16-24-34-46/h13-24,27-38,41-42H,3-12,25-26,39-40H2,1-2H3. The van der Waals surface area contributed by atoms with Gasteiger partial charge in [0.05, 0.1) is 0 Å². The fraction of sp³-hybridized carbons (Fsp3) is 0.321. The highest BCUT2D eigenvalue weighted by atomic mass is 15.1. The van der Waals surface area contributed by atoms with Crippen molar-refractivity contribution in [3.05, 3.63) is 169 Å². The lowest BCUT2D eigenvalue weighted by Crippen LogP contribution is -2.26. The van der Waals surface area contributed by atoms with E-state index in [0.29, 0.717) is 0 Å². The smallest absolute Gasteiger partial charge is 0.0465 e. The number of nitrogens with zero attached hydrogens (tertiary/aromatic N) is 2. The minimum atomic E-state index is -0.0652. The maximum absolute atomic E-state index is 2.58. The van der Waals surface area contributed by atoms with E-state index in [4.69, 9.17) is 0 Å². The number of rotatable bonds is 20. The molecule has 0 amide bonds. The summed E-state index contributed by atoms with van der Waals surface area (Å²) in [7, 11) is 0. The van der Waals surface area contributed by atoms with Crippen LogP contribution in [0, 0.1) is 0 Å². The van der Waals surface area contributed by atoms with E-state index < -0.39 is 0 Å². The van der Waals surface area contributed by atoms with E-state index in [1.807, 2.05) is 0 Å². The van der Waals surface area contributed by atoms with Gasteiger partial charge >= 0.3 is 0 Å². The van der Waals surface area contributed by atoms with Gasteiger partial charge in [0.2, 0.25) is 0 Å². The second kappa shape index (κ2) is 19.0. The summed E-state index contributed by atoms with van der Waals surface area (Å²) in [5, 5.41) is 0. The van der Waals surface area contributed by atoms with Gasteiger partial charge in [0.25, 0.3) is 0 Å². The van der Waals surface area contributed by atoms with Crippen LogP contribution in [0.4, 0.5) is 34.1 Å². The average Bonchev–Trinajstić information content (AvgIpc) is 3.50. The highest BCUT2D eigenvalue weighted by Crippen LogP contribution is 2.57. The van der Waals surface area contributed by atoms with Gasteiger partial charge in [-0.25, -0.2) is 0 Å². The summed E-state index contributed by atoms with van der Waals surface area (Å²) in [6.07, 6.45) is 18.0. The first-order valence-corrected chi connectivity index (χ1v) is 21.3. The molecular weight excluding hydrogens is 665 g/mol. The minimum Gasteiger partial charge on any atom is -0.310 e. The minimum absolute atomic E-state index is 0.0652. The molecule has 0 radical (unpaired) electrons. The molecule has 0 heterocycles. The third-order valence-corrected chi connectivity index (χ3v) is 11.8. The van der Waals surface area contributed by atoms with Crippen LogP contribution in [0.15, 0.2) is 158 Å². The number of hydrogen-bond donors (Lipinski definition) is 0. The first kappa shape index (κ1) is 38.2. The van der Waals surface area contributed by atoms with Gasteiger partial charge in [-0.1, -0.05) is 176 Å². The van der Waals surface area contributed by atoms with Crippen LogP contribution in [-0.2, 0) is 5.41 Å². The summed E-state index contributed by atoms with van der Waals surface area (Å²) < 4.78 is 0. The highest BCUT2D eigenvalue weighted by Gasteiger charge is 2.43. The van der Waals surface area contributed by atoms with Crippen LogP contribution in [0.5, 0.6) is 0 Å². The van der Waals surface area contributed by atoms with E-state index in [9.17, 15) is 0 Å². The van der Waals surface area contributed by atoms with Crippen molar-refractivity contribution in [1.82, 2.24) is 0 Å². The second-order valence-electron chi connectivity index (χ2n) is 15.6. The Labute approximate surface area is 331 Å². The lowest BCUT2D eigenvalue weighted by Gasteiger charge is -2.35. The number of unbranched alkanes of at least 4 members (excludes halogenated alkanes) is 10. The van der Waals surface area contributed by atoms with Crippen LogP contribution in [-0.4, -0.2) is 0 Å². The normalized spacial score (nSPS) is 12.6. The van der Waals surface area contributed by atoms with E-state index in [0.717, 1.165) is 0 Å². The largest absolute Gasteiger partial charge is 0.310 e. The first-order chi connectivity index (χ1) is 27.2. The Hall–Kier alpha value is -5.08. The van der Waals surface area contributed by atoms with Crippen molar-refractivity contribution < 1.29 is 0 Å². The van der Waals surface area contributed by atoms with Gasteiger partial charge in [-0.05, 0) is 108 Å². The lowest BCUT2D eigenvalue weighted by atomic mass is 9.70. The summed E-state index contributed by atoms with van der Waals surface area (Å²) in [5.74, 6) is 0. The average molecular weight is 725 g/mol. The Kier molecular flexibility index (Phi) is 13.2. The predicted molar refractivity (Wildman–Crippen MR) is 238 cm³/mol. The van der Waals surface area contributed by atoms with E-state index in [1.165, 1.54) is 146 Å². The molecule has 6 aromatic rings. The summed E-state index contributed by atoms with van der Waals surface area (Å²) in [6, 6.07) is 58.4. The molecule has 0 aliphatic heterocycles. The fourth-order valence-electron chi connectivity index (χ4n) is 9.03. The summed E-state index contributed by atoms with van der Waals surface area (Å²) in [4.78, 5) is 4.89. The van der Waals surface area contributed by atoms with Crippen LogP contribution in [0.25, 0.3) is 11.1 Å². The SMILES string of the molecule is CCCCCCCCC1(CCCCCCCC)c2cc(N(c3ccccc3)c3ccccc3)ccc2-c2ccc(N(c3ccccc3)c3ccccc3)cc21. The highest BCUT2D eigenvalue weighted by molar-refractivity contribution is 5.88. The Morgan fingerprint density at radius 2 is 0.636 bits per heavy atom. The Morgan fingerprint density at radius 3 is 0.964 bits per heavy atom. The summed E-state index contributed by atoms with van der Waals surface area (Å²) in [5.41, 5.74) is 13.0. The molecule has 2 heteroatoms. The van der Waals surface area contributed by atoms with Crippen molar-refractivity contribution in [2.75, 3.05) is 9.80 Å². The number of fused-ring (bicyclic) bond motifs is 3. The van der Waals surface area contributed by atoms with E-state index in [2.05, 4.69) is 181 Å². The number of anilines is 6. The molecule has 0 saturated heterocycles. The molecule has 0 saturated carbocycles. The molecule has 0 N–H and O–H groups in total. The van der Waals surface area contributed by atoms with Crippen LogP contribution in [0.1, 0.15) is 115 Å². The molecule has 0 unspecified atom stereocenters. The summed E-state index contributed by atoms with van der Waals surface area (Å²) in [6.45, 7) is 4.64. The molecule has 7 rings (SSSR count). The zero-order chi connectivity index (χ0) is 37.7. The van der Waals surface area contributed by atoms with Crippen molar-refractivity contribution in [3.8, 4) is 11.1 Å². The maximum Gasteiger partial charge on any atom is 0.0465 e. The van der Waals surface area contributed by atoms with Crippen molar-refractivity contribution in [1.29, 1.82) is 0 Å². The first-order valence-electron chi connectivity index (χ1n) is 21.3. The van der Waals surface area contributed by atoms with Gasteiger partial charge in [-0.3, -0.25) is 0 Å². The number of hydrogen-bond acceptors (Lipinski definition) is 2. The molecule has 6 aromatic carbocycles. The van der Waals surface area contributed by atoms with E-state index >= 15 is 0 Å². The van der Waals surface area contributed by atoms with Gasteiger partial charge in [-0.15, -0.1) is 0 Å². The summed E-state index contributed by atoms with van der Waals surface area (Å²) >= 11 is 0. The quantitative estimate of drug-likeness (QED) is 0.0723.